The van der Waals surface area contributed by atoms with E-state index in [2.05, 4.69) is 9.68 Å². The maximum absolute atomic E-state index is 12.5. The van der Waals surface area contributed by atoms with Crippen LogP contribution >= 0.6 is 21.6 Å². The molecule has 3 atom stereocenters. The molecule has 26 heavy (non-hydrogen) atoms. The predicted molar refractivity (Wildman–Crippen MR) is 94.3 cm³/mol. The van der Waals surface area contributed by atoms with Crippen molar-refractivity contribution in [3.05, 3.63) is 20.2 Å². The Hall–Kier alpha value is -1.76. The lowest BCUT2D eigenvalue weighted by molar-refractivity contribution is -0.788. The van der Waals surface area contributed by atoms with Gasteiger partial charge in [0, 0.05) is 24.0 Å². The van der Waals surface area contributed by atoms with Crippen molar-refractivity contribution in [2.24, 2.45) is 5.92 Å². The first kappa shape index (κ1) is 22.3. The molecule has 0 aliphatic carbocycles. The van der Waals surface area contributed by atoms with Crippen LogP contribution in [0.25, 0.3) is 0 Å². The fourth-order valence-corrected chi connectivity index (χ4v) is 4.95. The molecule has 0 aromatic heterocycles. The molecule has 148 valence electrons. The lowest BCUT2D eigenvalue weighted by Crippen LogP contribution is -2.42. The Morgan fingerprint density at radius 2 is 1.88 bits per heavy atom. The number of amides is 1. The quantitative estimate of drug-likeness (QED) is 0.200. The van der Waals surface area contributed by atoms with Crippen LogP contribution < -0.4 is 0 Å². The Morgan fingerprint density at radius 1 is 1.23 bits per heavy atom. The number of Topliss-reactive ketones (excluding diaryl/α,β-unsaturated/α-hetero) is 1. The summed E-state index contributed by atoms with van der Waals surface area (Å²) in [4.78, 5) is 54.6. The minimum atomic E-state index is -1.08. The molecule has 1 heterocycles. The van der Waals surface area contributed by atoms with Gasteiger partial charge < -0.3 is 14.6 Å². The third-order valence-corrected chi connectivity index (χ3v) is 6.31. The lowest BCUT2D eigenvalue weighted by atomic mass is 10.1. The van der Waals surface area contributed by atoms with E-state index in [1.54, 1.807) is 11.8 Å². The molecule has 0 saturated carbocycles. The van der Waals surface area contributed by atoms with E-state index in [0.717, 1.165) is 6.42 Å². The number of carbonyl (C=O) groups is 2. The zero-order chi connectivity index (χ0) is 19.7. The molecule has 1 rings (SSSR count). The van der Waals surface area contributed by atoms with E-state index >= 15 is 0 Å². The fraction of sp³-hybridized carbons (Fsp3) is 0.846. The maximum Gasteiger partial charge on any atom is 0.294 e. The van der Waals surface area contributed by atoms with E-state index in [1.807, 2.05) is 0 Å². The summed E-state index contributed by atoms with van der Waals surface area (Å²) in [5.74, 6) is 0.0880. The number of carbonyl (C=O) groups excluding carboxylic acids is 2. The van der Waals surface area contributed by atoms with Gasteiger partial charge >= 0.3 is 0 Å². The summed E-state index contributed by atoms with van der Waals surface area (Å²) in [5.41, 5.74) is 0. The number of nitrogens with zero attached hydrogens (tertiary/aromatic N) is 3. The van der Waals surface area contributed by atoms with Gasteiger partial charge in [-0.05, 0) is 19.8 Å². The SMILES string of the molecule is CC(=O)C1CCCN1C(=O)C(C)CSSCC(CO[N+](=O)[O-])O[N+](=O)[O-]. The topological polar surface area (TPSA) is 142 Å². The number of ketones is 1. The van der Waals surface area contributed by atoms with Gasteiger partial charge in [-0.3, -0.25) is 9.59 Å². The van der Waals surface area contributed by atoms with Crippen LogP contribution in [-0.4, -0.2) is 63.6 Å². The summed E-state index contributed by atoms with van der Waals surface area (Å²) >= 11 is 0. The average Bonchev–Trinajstić information content (AvgIpc) is 3.04. The summed E-state index contributed by atoms with van der Waals surface area (Å²) in [7, 11) is 2.50. The second kappa shape index (κ2) is 11.1. The molecular weight excluding hydrogens is 390 g/mol. The van der Waals surface area contributed by atoms with Crippen molar-refractivity contribution in [2.75, 3.05) is 24.7 Å². The van der Waals surface area contributed by atoms with Gasteiger partial charge in [-0.1, -0.05) is 28.5 Å². The molecule has 1 aliphatic heterocycles. The Kier molecular flexibility index (Phi) is 9.48. The van der Waals surface area contributed by atoms with Crippen LogP contribution in [0.15, 0.2) is 0 Å². The first-order chi connectivity index (χ1) is 12.2. The second-order valence-electron chi connectivity index (χ2n) is 5.74. The van der Waals surface area contributed by atoms with E-state index in [0.29, 0.717) is 18.7 Å². The molecule has 0 radical (unpaired) electrons. The first-order valence-corrected chi connectivity index (χ1v) is 10.3. The van der Waals surface area contributed by atoms with Crippen LogP contribution in [0, 0.1) is 26.1 Å². The largest absolute Gasteiger partial charge is 0.332 e. The molecule has 0 aromatic rings. The number of rotatable bonds is 12. The van der Waals surface area contributed by atoms with Crippen molar-refractivity contribution >= 4 is 33.3 Å². The van der Waals surface area contributed by atoms with Gasteiger partial charge in [0.05, 0.1) is 6.04 Å². The van der Waals surface area contributed by atoms with E-state index < -0.39 is 22.9 Å². The van der Waals surface area contributed by atoms with Crippen LogP contribution in [0.5, 0.6) is 0 Å². The van der Waals surface area contributed by atoms with E-state index in [9.17, 15) is 29.8 Å². The highest BCUT2D eigenvalue weighted by Gasteiger charge is 2.33. The van der Waals surface area contributed by atoms with Crippen LogP contribution in [0.2, 0.25) is 0 Å². The second-order valence-corrected chi connectivity index (χ2v) is 8.29. The molecule has 1 aliphatic rings. The highest BCUT2D eigenvalue weighted by Crippen LogP contribution is 2.28. The smallest absolute Gasteiger partial charge is 0.294 e. The van der Waals surface area contributed by atoms with Crippen molar-refractivity contribution in [1.29, 1.82) is 0 Å². The molecule has 0 N–H and O–H groups in total. The molecule has 0 spiro atoms. The van der Waals surface area contributed by atoms with E-state index in [-0.39, 0.29) is 29.4 Å². The fourth-order valence-electron chi connectivity index (χ4n) is 2.46. The molecule has 13 heteroatoms. The minimum Gasteiger partial charge on any atom is -0.332 e. The molecule has 3 unspecified atom stereocenters. The van der Waals surface area contributed by atoms with E-state index in [4.69, 9.17) is 0 Å². The third-order valence-electron chi connectivity index (χ3n) is 3.68. The van der Waals surface area contributed by atoms with Crippen molar-refractivity contribution in [3.63, 3.8) is 0 Å². The summed E-state index contributed by atoms with van der Waals surface area (Å²) in [6, 6.07) is -0.347. The Labute approximate surface area is 157 Å². The monoisotopic (exact) mass is 411 g/mol. The van der Waals surface area contributed by atoms with Gasteiger partial charge in [0.25, 0.3) is 10.2 Å². The van der Waals surface area contributed by atoms with Gasteiger partial charge in [-0.15, -0.1) is 20.2 Å². The lowest BCUT2D eigenvalue weighted by Gasteiger charge is -2.25. The molecule has 1 fully saturated rings. The summed E-state index contributed by atoms with van der Waals surface area (Å²) in [5, 5.41) is 18.5. The van der Waals surface area contributed by atoms with Crippen molar-refractivity contribution in [2.45, 2.75) is 38.8 Å². The zero-order valence-electron chi connectivity index (χ0n) is 14.4. The average molecular weight is 411 g/mol. The standard InChI is InChI=1S/C13H21N3O8S2/c1-9(13(18)14-5-3-4-12(14)10(2)17)7-25-26-8-11(24-16(21)22)6-23-15(19)20/h9,11-12H,3-8H2,1-2H3. The van der Waals surface area contributed by atoms with Gasteiger partial charge in [-0.25, -0.2) is 0 Å². The van der Waals surface area contributed by atoms with Crippen molar-refractivity contribution in [1.82, 2.24) is 4.90 Å². The highest BCUT2D eigenvalue weighted by atomic mass is 33.1. The molecular formula is C13H21N3O8S2. The third kappa shape index (κ3) is 7.64. The van der Waals surface area contributed by atoms with Crippen LogP contribution in [-0.2, 0) is 19.3 Å². The molecule has 11 nitrogen and oxygen atoms in total. The zero-order valence-corrected chi connectivity index (χ0v) is 16.0. The van der Waals surface area contributed by atoms with Crippen molar-refractivity contribution < 1.29 is 29.4 Å². The van der Waals surface area contributed by atoms with Crippen LogP contribution in [0.1, 0.15) is 26.7 Å². The van der Waals surface area contributed by atoms with E-state index in [1.165, 1.54) is 28.5 Å². The van der Waals surface area contributed by atoms with Crippen molar-refractivity contribution in [3.8, 4) is 0 Å². The summed E-state index contributed by atoms with van der Waals surface area (Å²) in [6.45, 7) is 3.26. The molecule has 1 amide bonds. The maximum atomic E-state index is 12.5. The van der Waals surface area contributed by atoms with Crippen LogP contribution in [0.3, 0.4) is 0 Å². The molecule has 0 bridgehead atoms. The number of likely N-dealkylation sites (tertiary alicyclic amines) is 1. The first-order valence-electron chi connectivity index (χ1n) is 7.86. The highest BCUT2D eigenvalue weighted by molar-refractivity contribution is 8.76. The summed E-state index contributed by atoms with van der Waals surface area (Å²) < 4.78 is 0. The van der Waals surface area contributed by atoms with Gasteiger partial charge in [-0.2, -0.15) is 0 Å². The van der Waals surface area contributed by atoms with Crippen LogP contribution in [0.4, 0.5) is 0 Å². The molecule has 0 aromatic carbocycles. The predicted octanol–water partition coefficient (Wildman–Crippen LogP) is 1.37. The summed E-state index contributed by atoms with van der Waals surface area (Å²) in [6.07, 6.45) is 0.409. The van der Waals surface area contributed by atoms with Gasteiger partial charge in [0.2, 0.25) is 5.91 Å². The Balaban J connectivity index is 2.37. The number of hydrogen-bond acceptors (Lipinski definition) is 10. The van der Waals surface area contributed by atoms with Gasteiger partial charge in [0.1, 0.15) is 12.7 Å². The normalized spacial score (nSPS) is 18.8. The van der Waals surface area contributed by atoms with Gasteiger partial charge in [0.15, 0.2) is 5.78 Å². The number of hydrogen-bond donors (Lipinski definition) is 0. The molecule has 1 saturated heterocycles. The Bertz CT molecular complexity index is 536. The Morgan fingerprint density at radius 3 is 2.46 bits per heavy atom. The minimum absolute atomic E-state index is 0.0179.